The van der Waals surface area contributed by atoms with E-state index in [2.05, 4.69) is 11.0 Å². The third kappa shape index (κ3) is 3.50. The largest absolute Gasteiger partial charge is 0.496 e. The van der Waals surface area contributed by atoms with Crippen LogP contribution in [0.3, 0.4) is 0 Å². The van der Waals surface area contributed by atoms with E-state index in [4.69, 9.17) is 10.00 Å². The van der Waals surface area contributed by atoms with Gasteiger partial charge in [-0.15, -0.1) is 0 Å². The summed E-state index contributed by atoms with van der Waals surface area (Å²) in [7, 11) is 1.64. The molecule has 1 saturated heterocycles. The predicted molar refractivity (Wildman–Crippen MR) is 77.5 cm³/mol. The molecule has 0 aromatic heterocycles. The highest BCUT2D eigenvalue weighted by molar-refractivity contribution is 5.42. The van der Waals surface area contributed by atoms with Crippen LogP contribution in [0.5, 0.6) is 5.75 Å². The van der Waals surface area contributed by atoms with Gasteiger partial charge in [-0.05, 0) is 37.9 Å². The second-order valence-corrected chi connectivity index (χ2v) is 5.27. The molecule has 1 aromatic carbocycles. The molecule has 0 bridgehead atoms. The summed E-state index contributed by atoms with van der Waals surface area (Å²) < 4.78 is 5.40. The lowest BCUT2D eigenvalue weighted by molar-refractivity contribution is 0.111. The van der Waals surface area contributed by atoms with Crippen LogP contribution < -0.4 is 4.74 Å². The number of nitriles is 1. The maximum atomic E-state index is 9.18. The topological polar surface area (TPSA) is 56.5 Å². The Balaban J connectivity index is 2.13. The number of nitrogens with zero attached hydrogens (tertiary/aromatic N) is 2. The Morgan fingerprint density at radius 2 is 2.30 bits per heavy atom. The lowest BCUT2D eigenvalue weighted by Crippen LogP contribution is -2.39. The zero-order valence-corrected chi connectivity index (χ0v) is 12.0. The van der Waals surface area contributed by atoms with Gasteiger partial charge in [0, 0.05) is 24.8 Å². The number of rotatable bonds is 5. The molecule has 0 spiro atoms. The van der Waals surface area contributed by atoms with Crippen LogP contribution in [0.15, 0.2) is 18.2 Å². The number of methoxy groups -OCH3 is 1. The number of piperidine rings is 1. The number of aliphatic hydroxyl groups is 1. The molecule has 1 aromatic rings. The Bertz CT molecular complexity index is 480. The zero-order chi connectivity index (χ0) is 14.4. The summed E-state index contributed by atoms with van der Waals surface area (Å²) in [5.74, 6) is 0.775. The molecule has 2 rings (SSSR count). The van der Waals surface area contributed by atoms with E-state index in [-0.39, 0.29) is 6.61 Å². The van der Waals surface area contributed by atoms with Gasteiger partial charge in [-0.25, -0.2) is 0 Å². The first kappa shape index (κ1) is 14.8. The second-order valence-electron chi connectivity index (χ2n) is 5.27. The highest BCUT2D eigenvalue weighted by Gasteiger charge is 2.22. The Morgan fingerprint density at radius 1 is 1.45 bits per heavy atom. The highest BCUT2D eigenvalue weighted by atomic mass is 16.5. The molecule has 1 N–H and O–H groups in total. The first-order chi connectivity index (χ1) is 9.78. The van der Waals surface area contributed by atoms with Crippen LogP contribution in [0.25, 0.3) is 0 Å². The van der Waals surface area contributed by atoms with Crippen molar-refractivity contribution in [1.82, 2.24) is 4.90 Å². The average molecular weight is 274 g/mol. The molecule has 4 heteroatoms. The highest BCUT2D eigenvalue weighted by Crippen LogP contribution is 2.26. The molecule has 1 unspecified atom stereocenters. The van der Waals surface area contributed by atoms with Crippen LogP contribution in [0, 0.1) is 11.3 Å². The van der Waals surface area contributed by atoms with E-state index in [1.807, 2.05) is 12.1 Å². The molecule has 108 valence electrons. The maximum absolute atomic E-state index is 9.18. The fourth-order valence-electron chi connectivity index (χ4n) is 2.91. The van der Waals surface area contributed by atoms with Crippen LogP contribution in [0.2, 0.25) is 0 Å². The molecule has 1 aliphatic rings. The number of hydrogen-bond donors (Lipinski definition) is 1. The molecule has 1 aliphatic heterocycles. The van der Waals surface area contributed by atoms with Crippen molar-refractivity contribution in [1.29, 1.82) is 5.26 Å². The lowest BCUT2D eigenvalue weighted by atomic mass is 9.98. The standard InChI is InChI=1S/C16H22N2O2/c1-20-16-10-13(11-17)5-6-14(16)12-18-8-3-2-4-15(18)7-9-19/h5-6,10,15,19H,2-4,7-9,12H2,1H3. The number of likely N-dealkylation sites (tertiary alicyclic amines) is 1. The van der Waals surface area contributed by atoms with Gasteiger partial charge in [-0.1, -0.05) is 12.5 Å². The molecule has 0 aliphatic carbocycles. The van der Waals surface area contributed by atoms with E-state index in [0.717, 1.165) is 37.2 Å². The molecule has 0 saturated carbocycles. The van der Waals surface area contributed by atoms with Gasteiger partial charge in [0.2, 0.25) is 0 Å². The average Bonchev–Trinajstić information content (AvgIpc) is 2.50. The Labute approximate surface area is 120 Å². The van der Waals surface area contributed by atoms with Crippen LogP contribution in [0.1, 0.15) is 36.8 Å². The summed E-state index contributed by atoms with van der Waals surface area (Å²) in [6, 6.07) is 8.19. The molecule has 0 radical (unpaired) electrons. The van der Waals surface area contributed by atoms with Crippen LogP contribution >= 0.6 is 0 Å². The van der Waals surface area contributed by atoms with Gasteiger partial charge < -0.3 is 9.84 Å². The summed E-state index contributed by atoms with van der Waals surface area (Å²) in [5, 5.41) is 18.1. The number of hydrogen-bond acceptors (Lipinski definition) is 4. The van der Waals surface area contributed by atoms with Crippen molar-refractivity contribution in [3.05, 3.63) is 29.3 Å². The Kier molecular flexibility index (Phi) is 5.40. The normalized spacial score (nSPS) is 19.6. The van der Waals surface area contributed by atoms with E-state index in [9.17, 15) is 5.11 Å². The maximum Gasteiger partial charge on any atom is 0.124 e. The lowest BCUT2D eigenvalue weighted by Gasteiger charge is -2.35. The van der Waals surface area contributed by atoms with E-state index in [1.54, 1.807) is 13.2 Å². The van der Waals surface area contributed by atoms with Crippen LogP contribution in [0.4, 0.5) is 0 Å². The van der Waals surface area contributed by atoms with E-state index in [1.165, 1.54) is 12.8 Å². The smallest absolute Gasteiger partial charge is 0.124 e. The first-order valence-corrected chi connectivity index (χ1v) is 7.20. The number of benzene rings is 1. The van der Waals surface area contributed by atoms with Gasteiger partial charge in [0.1, 0.15) is 5.75 Å². The summed E-state index contributed by atoms with van der Waals surface area (Å²) in [6.07, 6.45) is 4.43. The van der Waals surface area contributed by atoms with Crippen LogP contribution in [-0.2, 0) is 6.54 Å². The van der Waals surface area contributed by atoms with Crippen molar-refractivity contribution in [2.45, 2.75) is 38.3 Å². The van der Waals surface area contributed by atoms with Gasteiger partial charge in [-0.3, -0.25) is 4.90 Å². The van der Waals surface area contributed by atoms with Crippen molar-refractivity contribution in [3.8, 4) is 11.8 Å². The molecule has 0 amide bonds. The Morgan fingerprint density at radius 3 is 3.00 bits per heavy atom. The first-order valence-electron chi connectivity index (χ1n) is 7.20. The third-order valence-corrected chi connectivity index (χ3v) is 4.00. The van der Waals surface area contributed by atoms with Crippen molar-refractivity contribution < 1.29 is 9.84 Å². The van der Waals surface area contributed by atoms with Gasteiger partial charge >= 0.3 is 0 Å². The van der Waals surface area contributed by atoms with Gasteiger partial charge in [0.05, 0.1) is 18.7 Å². The second kappa shape index (κ2) is 7.28. The minimum atomic E-state index is 0.242. The van der Waals surface area contributed by atoms with Gasteiger partial charge in [-0.2, -0.15) is 5.26 Å². The van der Waals surface area contributed by atoms with E-state index < -0.39 is 0 Å². The summed E-state index contributed by atoms with van der Waals surface area (Å²) >= 11 is 0. The molecular weight excluding hydrogens is 252 g/mol. The minimum absolute atomic E-state index is 0.242. The van der Waals surface area contributed by atoms with Gasteiger partial charge in [0.25, 0.3) is 0 Å². The minimum Gasteiger partial charge on any atom is -0.496 e. The molecule has 1 fully saturated rings. The monoisotopic (exact) mass is 274 g/mol. The molecule has 20 heavy (non-hydrogen) atoms. The fraction of sp³-hybridized carbons (Fsp3) is 0.562. The SMILES string of the molecule is COc1cc(C#N)ccc1CN1CCCCC1CCO. The zero-order valence-electron chi connectivity index (χ0n) is 12.0. The Hall–Kier alpha value is -1.57. The van der Waals surface area contributed by atoms with E-state index in [0.29, 0.717) is 11.6 Å². The molecule has 1 atom stereocenters. The van der Waals surface area contributed by atoms with Gasteiger partial charge in [0.15, 0.2) is 0 Å². The van der Waals surface area contributed by atoms with Crippen molar-refractivity contribution in [2.75, 3.05) is 20.3 Å². The molecule has 1 heterocycles. The third-order valence-electron chi connectivity index (χ3n) is 4.00. The van der Waals surface area contributed by atoms with Crippen LogP contribution in [-0.4, -0.2) is 36.3 Å². The van der Waals surface area contributed by atoms with Crippen molar-refractivity contribution in [2.24, 2.45) is 0 Å². The summed E-state index contributed by atoms with van der Waals surface area (Å²) in [4.78, 5) is 2.42. The summed E-state index contributed by atoms with van der Waals surface area (Å²) in [5.41, 5.74) is 1.73. The molecular formula is C16H22N2O2. The quantitative estimate of drug-likeness (QED) is 0.895. The van der Waals surface area contributed by atoms with E-state index >= 15 is 0 Å². The molecule has 4 nitrogen and oxygen atoms in total. The number of aliphatic hydroxyl groups excluding tert-OH is 1. The number of ether oxygens (including phenoxy) is 1. The predicted octanol–water partition coefficient (Wildman–Crippen LogP) is 2.30. The van der Waals surface area contributed by atoms with Crippen molar-refractivity contribution >= 4 is 0 Å². The summed E-state index contributed by atoms with van der Waals surface area (Å²) in [6.45, 7) is 2.12. The van der Waals surface area contributed by atoms with Crippen molar-refractivity contribution in [3.63, 3.8) is 0 Å². The fourth-order valence-corrected chi connectivity index (χ4v) is 2.91.